The molecule has 6 rings (SSSR count). The van der Waals surface area contributed by atoms with Crippen molar-refractivity contribution < 1.29 is 0 Å². The van der Waals surface area contributed by atoms with Crippen molar-refractivity contribution in [3.63, 3.8) is 0 Å². The first kappa shape index (κ1) is 13.4. The zero-order chi connectivity index (χ0) is 14.3. The molecule has 6 fully saturated rings. The molecule has 0 unspecified atom stereocenters. The second kappa shape index (κ2) is 4.79. The largest absolute Gasteiger partial charge is 0.150 e. The molecule has 0 aromatic carbocycles. The predicted octanol–water partition coefficient (Wildman–Crippen LogP) is 6.05. The molecule has 22 heavy (non-hydrogen) atoms. The van der Waals surface area contributed by atoms with Crippen molar-refractivity contribution in [1.82, 2.24) is 0 Å². The third-order valence-corrected chi connectivity index (χ3v) is 9.86. The second-order valence-corrected chi connectivity index (χ2v) is 10.6. The highest BCUT2D eigenvalue weighted by Crippen LogP contribution is 2.66. The molecule has 6 aliphatic carbocycles. The average molecular weight is 296 g/mol. The lowest BCUT2D eigenvalue weighted by Gasteiger charge is -2.42. The lowest BCUT2D eigenvalue weighted by molar-refractivity contribution is 0.405. The van der Waals surface area contributed by atoms with Crippen molar-refractivity contribution >= 4 is 6.71 Å². The van der Waals surface area contributed by atoms with Crippen LogP contribution in [0.2, 0.25) is 17.5 Å². The smallest absolute Gasteiger partial charge is 0.0585 e. The maximum atomic E-state index is 1.66. The minimum atomic E-state index is 1.16. The minimum absolute atomic E-state index is 1.16. The molecule has 0 nitrogen and oxygen atoms in total. The average Bonchev–Trinajstić information content (AvgIpc) is 3.32. The molecule has 6 saturated carbocycles. The van der Waals surface area contributed by atoms with Gasteiger partial charge in [0.15, 0.2) is 0 Å². The van der Waals surface area contributed by atoms with E-state index in [4.69, 9.17) is 0 Å². The van der Waals surface area contributed by atoms with Crippen molar-refractivity contribution in [2.45, 2.75) is 94.5 Å². The Labute approximate surface area is 137 Å². The lowest BCUT2D eigenvalue weighted by atomic mass is 9.23. The van der Waals surface area contributed by atoms with Gasteiger partial charge in [0.1, 0.15) is 6.71 Å². The van der Waals surface area contributed by atoms with Gasteiger partial charge in [-0.25, -0.2) is 0 Å². The van der Waals surface area contributed by atoms with Crippen molar-refractivity contribution in [3.8, 4) is 0 Å². The van der Waals surface area contributed by atoms with E-state index in [0.717, 1.165) is 17.8 Å². The van der Waals surface area contributed by atoms with Crippen LogP contribution in [-0.2, 0) is 0 Å². The second-order valence-electron chi connectivity index (χ2n) is 10.6. The van der Waals surface area contributed by atoms with E-state index in [-0.39, 0.29) is 0 Å². The van der Waals surface area contributed by atoms with Crippen LogP contribution in [-0.4, -0.2) is 6.71 Å². The van der Waals surface area contributed by atoms with Gasteiger partial charge in [0.25, 0.3) is 0 Å². The Morgan fingerprint density at radius 2 is 0.773 bits per heavy atom. The van der Waals surface area contributed by atoms with E-state index in [1.165, 1.54) is 41.9 Å². The highest BCUT2D eigenvalue weighted by atomic mass is 14.5. The van der Waals surface area contributed by atoms with Crippen LogP contribution in [0, 0.1) is 35.5 Å². The van der Waals surface area contributed by atoms with Crippen LogP contribution < -0.4 is 0 Å². The molecule has 0 heterocycles. The summed E-state index contributed by atoms with van der Waals surface area (Å²) < 4.78 is 0. The van der Waals surface area contributed by atoms with Gasteiger partial charge in [-0.3, -0.25) is 0 Å². The van der Waals surface area contributed by atoms with Crippen LogP contribution in [0.25, 0.3) is 0 Å². The summed E-state index contributed by atoms with van der Waals surface area (Å²) in [5.74, 6) is 10.6. The number of hydrogen-bond donors (Lipinski definition) is 0. The Morgan fingerprint density at radius 3 is 1.00 bits per heavy atom. The van der Waals surface area contributed by atoms with Gasteiger partial charge in [0.05, 0.1) is 0 Å². The Bertz CT molecular complexity index is 392. The van der Waals surface area contributed by atoms with Crippen molar-refractivity contribution in [1.29, 1.82) is 0 Å². The summed E-state index contributed by atoms with van der Waals surface area (Å²) in [6.45, 7) is 1.20. The first-order chi connectivity index (χ1) is 10.8. The Balaban J connectivity index is 1.32. The maximum Gasteiger partial charge on any atom is 0.150 e. The zero-order valence-corrected chi connectivity index (χ0v) is 14.3. The van der Waals surface area contributed by atoms with E-state index in [1.807, 2.05) is 0 Å². The SMILES string of the molecule is C1C[C@@H]2C[C@H]1C[C@H]2B([C@@H]1C[C@H]2CC[C@@H]1C2)[C@@H]1C[C@H]2CC[C@@H]1C2. The zero-order valence-electron chi connectivity index (χ0n) is 14.3. The van der Waals surface area contributed by atoms with E-state index in [9.17, 15) is 0 Å². The normalized spacial score (nSPS) is 58.1. The van der Waals surface area contributed by atoms with Gasteiger partial charge in [0.2, 0.25) is 0 Å². The highest BCUT2D eigenvalue weighted by Gasteiger charge is 2.57. The molecule has 0 aromatic heterocycles. The predicted molar refractivity (Wildman–Crippen MR) is 93.3 cm³/mol. The monoisotopic (exact) mass is 296 g/mol. The molecule has 0 aromatic rings. The third-order valence-electron chi connectivity index (χ3n) is 9.86. The molecule has 0 spiro atoms. The van der Waals surface area contributed by atoms with Gasteiger partial charge in [-0.05, 0) is 54.8 Å². The molecule has 9 atom stereocenters. The van der Waals surface area contributed by atoms with Crippen LogP contribution in [0.5, 0.6) is 0 Å². The van der Waals surface area contributed by atoms with Gasteiger partial charge >= 0.3 is 0 Å². The van der Waals surface area contributed by atoms with Crippen LogP contribution >= 0.6 is 0 Å². The summed E-state index contributed by atoms with van der Waals surface area (Å²) >= 11 is 0. The van der Waals surface area contributed by atoms with Gasteiger partial charge in [0, 0.05) is 0 Å². The van der Waals surface area contributed by atoms with Gasteiger partial charge in [-0.2, -0.15) is 0 Å². The molecule has 6 aliphatic rings. The van der Waals surface area contributed by atoms with Crippen molar-refractivity contribution in [3.05, 3.63) is 0 Å². The number of hydrogen-bond acceptors (Lipinski definition) is 0. The fourth-order valence-electron chi connectivity index (χ4n) is 9.25. The summed E-state index contributed by atoms with van der Waals surface area (Å²) in [4.78, 5) is 0. The van der Waals surface area contributed by atoms with E-state index in [2.05, 4.69) is 0 Å². The van der Waals surface area contributed by atoms with Crippen LogP contribution in [0.15, 0.2) is 0 Å². The van der Waals surface area contributed by atoms with Gasteiger partial charge < -0.3 is 0 Å². The fraction of sp³-hybridized carbons (Fsp3) is 1.00. The standard InChI is InChI=1S/C21H33B/c1-4-16-7-13(1)10-19(16)22(20-11-14-2-5-17(20)8-14)21-12-15-3-6-18(21)9-15/h13-21H,1-12H2/t13-,14-,15-,16+,17+,18+,19+,20+,21+/m0/s1. The Kier molecular flexibility index (Phi) is 2.91. The van der Waals surface area contributed by atoms with Crippen molar-refractivity contribution in [2.24, 2.45) is 35.5 Å². The van der Waals surface area contributed by atoms with Crippen LogP contribution in [0.1, 0.15) is 77.0 Å². The third kappa shape index (κ3) is 1.83. The molecule has 0 saturated heterocycles. The molecular formula is C21H33B. The molecule has 1 heteroatoms. The Hall–Kier alpha value is 0.0649. The van der Waals surface area contributed by atoms with E-state index in [0.29, 0.717) is 0 Å². The Morgan fingerprint density at radius 1 is 0.409 bits per heavy atom. The summed E-state index contributed by atoms with van der Waals surface area (Å²) in [6.07, 6.45) is 19.6. The lowest BCUT2D eigenvalue weighted by Crippen LogP contribution is -2.39. The quantitative estimate of drug-likeness (QED) is 0.556. The molecule has 0 aliphatic heterocycles. The summed E-state index contributed by atoms with van der Waals surface area (Å²) in [5.41, 5.74) is 0. The molecule has 6 bridgehead atoms. The minimum Gasteiger partial charge on any atom is -0.0585 e. The van der Waals surface area contributed by atoms with E-state index >= 15 is 0 Å². The van der Waals surface area contributed by atoms with E-state index in [1.54, 1.807) is 77.0 Å². The summed E-state index contributed by atoms with van der Waals surface area (Å²) in [5, 5.41) is 0. The van der Waals surface area contributed by atoms with E-state index < -0.39 is 0 Å². The summed E-state index contributed by atoms with van der Waals surface area (Å²) in [6, 6.07) is 0. The topological polar surface area (TPSA) is 0 Å². The molecule has 120 valence electrons. The first-order valence-electron chi connectivity index (χ1n) is 10.8. The van der Waals surface area contributed by atoms with Crippen LogP contribution in [0.3, 0.4) is 0 Å². The highest BCUT2D eigenvalue weighted by molar-refractivity contribution is 6.64. The number of fused-ring (bicyclic) bond motifs is 6. The summed E-state index contributed by atoms with van der Waals surface area (Å²) in [7, 11) is 0. The van der Waals surface area contributed by atoms with Crippen LogP contribution in [0.4, 0.5) is 0 Å². The first-order valence-corrected chi connectivity index (χ1v) is 10.8. The molecule has 0 amide bonds. The molecular weight excluding hydrogens is 263 g/mol. The molecule has 0 radical (unpaired) electrons. The number of rotatable bonds is 3. The fourth-order valence-corrected chi connectivity index (χ4v) is 9.25. The van der Waals surface area contributed by atoms with Crippen molar-refractivity contribution in [2.75, 3.05) is 0 Å². The van der Waals surface area contributed by atoms with Gasteiger partial charge in [-0.1, -0.05) is 75.2 Å². The van der Waals surface area contributed by atoms with Gasteiger partial charge in [-0.15, -0.1) is 0 Å². The molecule has 0 N–H and O–H groups in total. The maximum absolute atomic E-state index is 1.66.